The smallest absolute Gasteiger partial charge is 0.339 e. The largest absolute Gasteiger partial charge is 0.872 e. The zero-order valence-electron chi connectivity index (χ0n) is 14.8. The fraction of sp³-hybridized carbons (Fsp3) is 0.238. The van der Waals surface area contributed by atoms with Crippen LogP contribution in [0.2, 0.25) is 0 Å². The summed E-state index contributed by atoms with van der Waals surface area (Å²) in [4.78, 5) is 24.3. The molecule has 0 bridgehead atoms. The molecule has 0 aliphatic carbocycles. The second-order valence-electron chi connectivity index (χ2n) is 6.32. The number of ether oxygens (including phenoxy) is 1. The summed E-state index contributed by atoms with van der Waals surface area (Å²) in [5.74, 6) is -0.786. The molecule has 2 aromatic carbocycles. The Morgan fingerprint density at radius 3 is 2.63 bits per heavy atom. The van der Waals surface area contributed by atoms with Gasteiger partial charge in [0.25, 0.3) is 0 Å². The van der Waals surface area contributed by atoms with E-state index < -0.39 is 24.1 Å². The highest BCUT2D eigenvalue weighted by atomic mass is 16.6. The molecule has 3 aromatic rings. The van der Waals surface area contributed by atoms with Crippen LogP contribution in [-0.4, -0.2) is 17.7 Å². The van der Waals surface area contributed by atoms with Gasteiger partial charge in [-0.05, 0) is 31.0 Å². The first-order valence-corrected chi connectivity index (χ1v) is 8.55. The van der Waals surface area contributed by atoms with E-state index in [9.17, 15) is 14.7 Å². The number of rotatable bonds is 7. The topological polar surface area (TPSA) is 99.8 Å². The molecule has 0 amide bonds. The number of hydrogen-bond acceptors (Lipinski definition) is 6. The van der Waals surface area contributed by atoms with E-state index >= 15 is 0 Å². The van der Waals surface area contributed by atoms with Crippen LogP contribution in [0.5, 0.6) is 11.5 Å². The van der Waals surface area contributed by atoms with Crippen molar-refractivity contribution in [3.8, 4) is 11.5 Å². The van der Waals surface area contributed by atoms with Gasteiger partial charge in [0.05, 0.1) is 0 Å². The van der Waals surface area contributed by atoms with Gasteiger partial charge in [0.1, 0.15) is 17.1 Å². The van der Waals surface area contributed by atoms with Gasteiger partial charge in [-0.2, -0.15) is 0 Å². The molecule has 0 aliphatic heterocycles. The number of Topliss-reactive ketones (excluding diaryl/α,β-unsaturated/α-hetero) is 1. The Hall–Kier alpha value is -3.12. The predicted molar refractivity (Wildman–Crippen MR) is 97.8 cm³/mol. The lowest BCUT2D eigenvalue weighted by Gasteiger charge is -2.23. The standard InChI is InChI=1S/C21H20O6/c1-13(23)10-15(11-14-6-2-4-8-17(14)26-12-22)19-20(24)16-7-3-5-9-18(16)27-21(19)25/h2-9,15,22,24H,10-12H2,1H3/p-1. The van der Waals surface area contributed by atoms with Gasteiger partial charge in [0, 0.05) is 23.3 Å². The number of aliphatic hydroxyl groups is 1. The van der Waals surface area contributed by atoms with E-state index in [2.05, 4.69) is 0 Å². The summed E-state index contributed by atoms with van der Waals surface area (Å²) in [6, 6.07) is 13.5. The minimum absolute atomic E-state index is 0.0196. The van der Waals surface area contributed by atoms with Gasteiger partial charge < -0.3 is 24.2 Å². The third-order valence-corrected chi connectivity index (χ3v) is 4.40. The zero-order chi connectivity index (χ0) is 19.4. The number of carbonyl (C=O) groups is 1. The summed E-state index contributed by atoms with van der Waals surface area (Å²) >= 11 is 0. The first kappa shape index (κ1) is 18.7. The number of benzene rings is 2. The first-order chi connectivity index (χ1) is 13.0. The lowest BCUT2D eigenvalue weighted by atomic mass is 9.87. The van der Waals surface area contributed by atoms with E-state index in [1.54, 1.807) is 48.5 Å². The van der Waals surface area contributed by atoms with Crippen LogP contribution in [-0.2, 0) is 11.2 Å². The van der Waals surface area contributed by atoms with Crippen LogP contribution in [0, 0.1) is 0 Å². The van der Waals surface area contributed by atoms with Crippen LogP contribution in [0.1, 0.15) is 30.4 Å². The molecule has 27 heavy (non-hydrogen) atoms. The lowest BCUT2D eigenvalue weighted by molar-refractivity contribution is -0.267. The van der Waals surface area contributed by atoms with Crippen molar-refractivity contribution in [2.45, 2.75) is 25.7 Å². The minimum Gasteiger partial charge on any atom is -0.872 e. The van der Waals surface area contributed by atoms with Crippen molar-refractivity contribution in [3.63, 3.8) is 0 Å². The van der Waals surface area contributed by atoms with E-state index in [0.29, 0.717) is 16.7 Å². The number of carbonyl (C=O) groups excluding carboxylic acids is 1. The Bertz CT molecular complexity index is 1020. The highest BCUT2D eigenvalue weighted by molar-refractivity contribution is 5.84. The molecule has 6 heteroatoms. The van der Waals surface area contributed by atoms with Gasteiger partial charge in [-0.15, -0.1) is 0 Å². The summed E-state index contributed by atoms with van der Waals surface area (Å²) in [5, 5.41) is 22.3. The molecule has 0 saturated heterocycles. The molecule has 0 fully saturated rings. The van der Waals surface area contributed by atoms with Crippen LogP contribution >= 0.6 is 0 Å². The van der Waals surface area contributed by atoms with Crippen LogP contribution < -0.4 is 15.5 Å². The molecule has 1 unspecified atom stereocenters. The average molecular weight is 367 g/mol. The van der Waals surface area contributed by atoms with Gasteiger partial charge in [-0.25, -0.2) is 4.79 Å². The van der Waals surface area contributed by atoms with Crippen molar-refractivity contribution in [1.82, 2.24) is 0 Å². The van der Waals surface area contributed by atoms with Gasteiger partial charge in [0.2, 0.25) is 0 Å². The zero-order valence-corrected chi connectivity index (χ0v) is 14.8. The Labute approximate surface area is 155 Å². The van der Waals surface area contributed by atoms with Crippen molar-refractivity contribution in [1.29, 1.82) is 0 Å². The maximum absolute atomic E-state index is 12.9. The molecule has 140 valence electrons. The van der Waals surface area contributed by atoms with Gasteiger partial charge >= 0.3 is 5.63 Å². The average Bonchev–Trinajstić information content (AvgIpc) is 2.63. The third-order valence-electron chi connectivity index (χ3n) is 4.40. The number of fused-ring (bicyclic) bond motifs is 1. The van der Waals surface area contributed by atoms with E-state index in [4.69, 9.17) is 14.3 Å². The molecule has 0 spiro atoms. The molecular formula is C21H19O6-. The Kier molecular flexibility index (Phi) is 5.57. The number of hydrogen-bond donors (Lipinski definition) is 1. The van der Waals surface area contributed by atoms with Crippen molar-refractivity contribution >= 4 is 16.8 Å². The van der Waals surface area contributed by atoms with E-state index in [1.807, 2.05) is 0 Å². The molecular weight excluding hydrogens is 348 g/mol. The summed E-state index contributed by atoms with van der Waals surface area (Å²) < 4.78 is 10.5. The van der Waals surface area contributed by atoms with E-state index in [1.165, 1.54) is 6.92 Å². The third kappa shape index (κ3) is 4.01. The van der Waals surface area contributed by atoms with Crippen LogP contribution in [0.25, 0.3) is 11.0 Å². The predicted octanol–water partition coefficient (Wildman–Crippen LogP) is 2.50. The van der Waals surface area contributed by atoms with Crippen molar-refractivity contribution < 1.29 is 24.2 Å². The summed E-state index contributed by atoms with van der Waals surface area (Å²) in [6.07, 6.45) is 0.250. The maximum atomic E-state index is 12.9. The second kappa shape index (κ2) is 8.05. The number of aliphatic hydroxyl groups excluding tert-OH is 1. The molecule has 1 heterocycles. The van der Waals surface area contributed by atoms with Crippen LogP contribution in [0.15, 0.2) is 57.7 Å². The number of para-hydroxylation sites is 2. The van der Waals surface area contributed by atoms with Crippen molar-refractivity contribution in [2.24, 2.45) is 0 Å². The molecule has 6 nitrogen and oxygen atoms in total. The van der Waals surface area contributed by atoms with Gasteiger partial charge in [0.15, 0.2) is 6.79 Å². The molecule has 0 radical (unpaired) electrons. The summed E-state index contributed by atoms with van der Waals surface area (Å²) in [6.45, 7) is 0.912. The Morgan fingerprint density at radius 2 is 1.89 bits per heavy atom. The van der Waals surface area contributed by atoms with Gasteiger partial charge in [-0.3, -0.25) is 0 Å². The Morgan fingerprint density at radius 1 is 1.19 bits per heavy atom. The molecule has 1 aromatic heterocycles. The SMILES string of the molecule is CC(=O)CC(Cc1ccccc1OCO)c1c([O-])c2ccccc2oc1=O. The molecule has 0 aliphatic rings. The van der Waals surface area contributed by atoms with Crippen LogP contribution in [0.4, 0.5) is 0 Å². The maximum Gasteiger partial charge on any atom is 0.339 e. The van der Waals surface area contributed by atoms with Crippen LogP contribution in [0.3, 0.4) is 0 Å². The van der Waals surface area contributed by atoms with E-state index in [-0.39, 0.29) is 29.8 Å². The summed E-state index contributed by atoms with van der Waals surface area (Å²) in [5.41, 5.74) is 0.139. The molecule has 0 saturated carbocycles. The highest BCUT2D eigenvalue weighted by Crippen LogP contribution is 2.34. The molecule has 1 N–H and O–H groups in total. The Balaban J connectivity index is 2.10. The quantitative estimate of drug-likeness (QED) is 0.509. The first-order valence-electron chi connectivity index (χ1n) is 8.55. The normalized spacial score (nSPS) is 12.1. The van der Waals surface area contributed by atoms with E-state index in [0.717, 1.165) is 0 Å². The van der Waals surface area contributed by atoms with Crippen molar-refractivity contribution in [2.75, 3.05) is 6.79 Å². The summed E-state index contributed by atoms with van der Waals surface area (Å²) in [7, 11) is 0. The highest BCUT2D eigenvalue weighted by Gasteiger charge is 2.22. The lowest BCUT2D eigenvalue weighted by Crippen LogP contribution is -2.20. The van der Waals surface area contributed by atoms with Crippen molar-refractivity contribution in [3.05, 3.63) is 70.1 Å². The molecule has 3 rings (SSSR count). The second-order valence-corrected chi connectivity index (χ2v) is 6.32. The molecule has 1 atom stereocenters. The minimum atomic E-state index is -0.731. The fourth-order valence-electron chi connectivity index (χ4n) is 3.26. The number of ketones is 1. The monoisotopic (exact) mass is 367 g/mol. The fourth-order valence-corrected chi connectivity index (χ4v) is 3.26. The van der Waals surface area contributed by atoms with Gasteiger partial charge in [-0.1, -0.05) is 42.1 Å².